The lowest BCUT2D eigenvalue weighted by molar-refractivity contribution is -0.123. The van der Waals surface area contributed by atoms with E-state index in [0.29, 0.717) is 11.3 Å². The number of carboxylic acids is 1. The van der Waals surface area contributed by atoms with Crippen LogP contribution < -0.4 is 5.32 Å². The normalized spacial score (nSPS) is 11.2. The molecule has 0 fully saturated rings. The van der Waals surface area contributed by atoms with Crippen LogP contribution in [-0.2, 0) is 4.79 Å². The highest BCUT2D eigenvalue weighted by atomic mass is 32.1. The number of nitrogens with one attached hydrogen (secondary N) is 1. The van der Waals surface area contributed by atoms with Crippen molar-refractivity contribution in [1.29, 1.82) is 0 Å². The van der Waals surface area contributed by atoms with Gasteiger partial charge < -0.3 is 10.4 Å². The third kappa shape index (κ3) is 3.43. The Balaban J connectivity index is 2.39. The van der Waals surface area contributed by atoms with Crippen LogP contribution in [0.4, 0.5) is 5.13 Å². The average Bonchev–Trinajstić information content (AvgIpc) is 2.83. The fourth-order valence-corrected chi connectivity index (χ4v) is 2.32. The Hall–Kier alpha value is -2.28. The van der Waals surface area contributed by atoms with Crippen molar-refractivity contribution in [1.82, 2.24) is 9.97 Å². The van der Waals surface area contributed by atoms with Gasteiger partial charge in [0, 0.05) is 23.4 Å². The van der Waals surface area contributed by atoms with Crippen LogP contribution >= 0.6 is 11.3 Å². The zero-order valence-electron chi connectivity index (χ0n) is 11.9. The lowest BCUT2D eigenvalue weighted by Crippen LogP contribution is -2.27. The summed E-state index contributed by atoms with van der Waals surface area (Å²) in [7, 11) is 0. The van der Waals surface area contributed by atoms with Crippen LogP contribution in [0.15, 0.2) is 24.5 Å². The summed E-state index contributed by atoms with van der Waals surface area (Å²) in [6.45, 7) is 5.32. The Morgan fingerprint density at radius 1 is 1.33 bits per heavy atom. The molecule has 2 N–H and O–H groups in total. The average molecular weight is 305 g/mol. The number of carbonyl (C=O) groups excluding carboxylic acids is 1. The van der Waals surface area contributed by atoms with Crippen molar-refractivity contribution >= 4 is 28.3 Å². The van der Waals surface area contributed by atoms with E-state index in [-0.39, 0.29) is 15.9 Å². The molecule has 0 atom stereocenters. The summed E-state index contributed by atoms with van der Waals surface area (Å²) >= 11 is 0.937. The smallest absolute Gasteiger partial charge is 0.348 e. The quantitative estimate of drug-likeness (QED) is 0.909. The van der Waals surface area contributed by atoms with E-state index < -0.39 is 11.4 Å². The molecule has 6 nitrogen and oxygen atoms in total. The third-order valence-electron chi connectivity index (χ3n) is 2.66. The molecule has 0 unspecified atom stereocenters. The van der Waals surface area contributed by atoms with Crippen molar-refractivity contribution in [2.24, 2.45) is 5.41 Å². The molecule has 110 valence electrons. The minimum atomic E-state index is -1.08. The second kappa shape index (κ2) is 5.61. The number of aromatic carboxylic acids is 1. The van der Waals surface area contributed by atoms with E-state index in [1.807, 2.05) is 0 Å². The molecule has 0 spiro atoms. The lowest BCUT2D eigenvalue weighted by atomic mass is 9.96. The van der Waals surface area contributed by atoms with E-state index in [1.54, 1.807) is 39.1 Å². The lowest BCUT2D eigenvalue weighted by Gasteiger charge is -2.15. The largest absolute Gasteiger partial charge is 0.477 e. The summed E-state index contributed by atoms with van der Waals surface area (Å²) in [4.78, 5) is 31.5. The summed E-state index contributed by atoms with van der Waals surface area (Å²) in [6, 6.07) is 3.43. The van der Waals surface area contributed by atoms with Gasteiger partial charge in [0.2, 0.25) is 5.91 Å². The van der Waals surface area contributed by atoms with Gasteiger partial charge in [-0.05, 0) is 12.1 Å². The number of anilines is 1. The summed E-state index contributed by atoms with van der Waals surface area (Å²) in [6.07, 6.45) is 3.13. The monoisotopic (exact) mass is 305 g/mol. The predicted octanol–water partition coefficient (Wildman–Crippen LogP) is 2.89. The van der Waals surface area contributed by atoms with Crippen LogP contribution in [0.2, 0.25) is 0 Å². The number of aromatic nitrogens is 2. The van der Waals surface area contributed by atoms with Crippen molar-refractivity contribution in [2.45, 2.75) is 20.8 Å². The van der Waals surface area contributed by atoms with Crippen LogP contribution in [-0.4, -0.2) is 27.0 Å². The first kappa shape index (κ1) is 15.1. The number of carbonyl (C=O) groups is 2. The van der Waals surface area contributed by atoms with E-state index in [2.05, 4.69) is 15.3 Å². The van der Waals surface area contributed by atoms with Crippen LogP contribution in [0, 0.1) is 5.41 Å². The molecule has 21 heavy (non-hydrogen) atoms. The van der Waals surface area contributed by atoms with Gasteiger partial charge in [-0.1, -0.05) is 32.1 Å². The van der Waals surface area contributed by atoms with Gasteiger partial charge >= 0.3 is 5.97 Å². The van der Waals surface area contributed by atoms with E-state index >= 15 is 0 Å². The van der Waals surface area contributed by atoms with E-state index in [9.17, 15) is 14.7 Å². The summed E-state index contributed by atoms with van der Waals surface area (Å²) in [5.41, 5.74) is 0.330. The standard InChI is InChI=1S/C14H15N3O3S/c1-14(2,3)12(20)17-13-16-9(10(21-13)11(18)19)8-5-4-6-15-7-8/h4-7H,1-3H3,(H,18,19)(H,16,17,20). The highest BCUT2D eigenvalue weighted by Crippen LogP contribution is 2.31. The van der Waals surface area contributed by atoms with Crippen LogP contribution in [0.1, 0.15) is 30.4 Å². The molecule has 2 heterocycles. The Bertz CT molecular complexity index is 675. The molecule has 2 aromatic heterocycles. The fourth-order valence-electron chi connectivity index (χ4n) is 1.50. The number of amides is 1. The molecule has 0 saturated heterocycles. The summed E-state index contributed by atoms with van der Waals surface area (Å²) in [5, 5.41) is 12.2. The molecule has 2 aromatic rings. The molecule has 0 aromatic carbocycles. The molecule has 0 aliphatic heterocycles. The van der Waals surface area contributed by atoms with Gasteiger partial charge in [0.1, 0.15) is 4.88 Å². The number of nitrogens with zero attached hydrogens (tertiary/aromatic N) is 2. The topological polar surface area (TPSA) is 92.2 Å². The zero-order chi connectivity index (χ0) is 15.6. The predicted molar refractivity (Wildman–Crippen MR) is 80.4 cm³/mol. The van der Waals surface area contributed by atoms with Crippen LogP contribution in [0.5, 0.6) is 0 Å². The minimum absolute atomic E-state index is 0.0761. The Morgan fingerprint density at radius 3 is 2.57 bits per heavy atom. The molecule has 1 amide bonds. The van der Waals surface area contributed by atoms with Crippen molar-refractivity contribution < 1.29 is 14.7 Å². The van der Waals surface area contributed by atoms with Crippen molar-refractivity contribution in [3.8, 4) is 11.3 Å². The number of hydrogen-bond donors (Lipinski definition) is 2. The first-order valence-electron chi connectivity index (χ1n) is 6.25. The highest BCUT2D eigenvalue weighted by molar-refractivity contribution is 7.18. The Labute approximate surface area is 125 Å². The summed E-state index contributed by atoms with van der Waals surface area (Å²) in [5.74, 6) is -1.30. The summed E-state index contributed by atoms with van der Waals surface area (Å²) < 4.78 is 0. The first-order valence-corrected chi connectivity index (χ1v) is 7.06. The maximum atomic E-state index is 12.0. The molecular formula is C14H15N3O3S. The molecule has 0 radical (unpaired) electrons. The molecule has 0 saturated carbocycles. The number of pyridine rings is 1. The van der Waals surface area contributed by atoms with Crippen molar-refractivity contribution in [2.75, 3.05) is 5.32 Å². The van der Waals surface area contributed by atoms with Crippen LogP contribution in [0.25, 0.3) is 11.3 Å². The SMILES string of the molecule is CC(C)(C)C(=O)Nc1nc(-c2cccnc2)c(C(=O)O)s1. The maximum absolute atomic E-state index is 12.0. The highest BCUT2D eigenvalue weighted by Gasteiger charge is 2.25. The Kier molecular flexibility index (Phi) is 4.04. The zero-order valence-corrected chi connectivity index (χ0v) is 12.7. The number of thiazole rings is 1. The maximum Gasteiger partial charge on any atom is 0.348 e. The van der Waals surface area contributed by atoms with Gasteiger partial charge in [0.05, 0.1) is 5.69 Å². The molecule has 2 rings (SSSR count). The van der Waals surface area contributed by atoms with E-state index in [1.165, 1.54) is 6.20 Å². The van der Waals surface area contributed by atoms with Crippen LogP contribution in [0.3, 0.4) is 0 Å². The van der Waals surface area contributed by atoms with E-state index in [4.69, 9.17) is 0 Å². The van der Waals surface area contributed by atoms with Gasteiger partial charge in [-0.15, -0.1) is 0 Å². The molecule has 0 bridgehead atoms. The molecule has 0 aliphatic rings. The Morgan fingerprint density at radius 2 is 2.05 bits per heavy atom. The van der Waals surface area contributed by atoms with Crippen molar-refractivity contribution in [3.05, 3.63) is 29.4 Å². The first-order chi connectivity index (χ1) is 9.79. The molecular weight excluding hydrogens is 290 g/mol. The minimum Gasteiger partial charge on any atom is -0.477 e. The van der Waals surface area contributed by atoms with Crippen molar-refractivity contribution in [3.63, 3.8) is 0 Å². The van der Waals surface area contributed by atoms with Gasteiger partial charge in [0.25, 0.3) is 0 Å². The van der Waals surface area contributed by atoms with Gasteiger partial charge in [0.15, 0.2) is 5.13 Å². The second-order valence-electron chi connectivity index (χ2n) is 5.45. The molecule has 7 heteroatoms. The number of hydrogen-bond acceptors (Lipinski definition) is 5. The fraction of sp³-hybridized carbons (Fsp3) is 0.286. The van der Waals surface area contributed by atoms with E-state index in [0.717, 1.165) is 11.3 Å². The van der Waals surface area contributed by atoms with Gasteiger partial charge in [-0.2, -0.15) is 0 Å². The number of carboxylic acid groups (broad SMARTS) is 1. The third-order valence-corrected chi connectivity index (χ3v) is 3.62. The van der Waals surface area contributed by atoms with Gasteiger partial charge in [-0.25, -0.2) is 9.78 Å². The molecule has 0 aliphatic carbocycles. The van der Waals surface area contributed by atoms with Gasteiger partial charge in [-0.3, -0.25) is 9.78 Å². The second-order valence-corrected chi connectivity index (χ2v) is 6.45. The number of rotatable bonds is 3.